The molecule has 1 aromatic rings. The van der Waals surface area contributed by atoms with E-state index in [0.717, 1.165) is 24.2 Å². The van der Waals surface area contributed by atoms with E-state index in [1.54, 1.807) is 7.11 Å². The molecule has 0 radical (unpaired) electrons. The second kappa shape index (κ2) is 8.34. The topological polar surface area (TPSA) is 79.5 Å². The Morgan fingerprint density at radius 2 is 1.92 bits per heavy atom. The van der Waals surface area contributed by atoms with Crippen molar-refractivity contribution in [3.05, 3.63) is 29.8 Å². The summed E-state index contributed by atoms with van der Waals surface area (Å²) in [6.45, 7) is 0.451. The minimum absolute atomic E-state index is 0.0164. The van der Waals surface area contributed by atoms with E-state index >= 15 is 0 Å². The highest BCUT2D eigenvalue weighted by Crippen LogP contribution is 2.33. The summed E-state index contributed by atoms with van der Waals surface area (Å²) in [7, 11) is 1.62. The van der Waals surface area contributed by atoms with Crippen molar-refractivity contribution in [3.8, 4) is 5.75 Å². The summed E-state index contributed by atoms with van der Waals surface area (Å²) in [5.41, 5.74) is 0.988. The van der Waals surface area contributed by atoms with Crippen LogP contribution in [0.5, 0.6) is 5.75 Å². The monoisotopic (exact) mass is 345 g/mol. The molecule has 0 bridgehead atoms. The number of benzene rings is 1. The Labute approximate surface area is 148 Å². The van der Waals surface area contributed by atoms with Gasteiger partial charge in [0.15, 0.2) is 0 Å². The average molecular weight is 345 g/mol. The smallest absolute Gasteiger partial charge is 0.239 e. The number of nitrogens with one attached hydrogen (secondary N) is 3. The van der Waals surface area contributed by atoms with Crippen LogP contribution in [-0.4, -0.2) is 37.6 Å². The van der Waals surface area contributed by atoms with Crippen molar-refractivity contribution in [1.29, 1.82) is 0 Å². The predicted molar refractivity (Wildman–Crippen MR) is 95.1 cm³/mol. The van der Waals surface area contributed by atoms with E-state index in [1.165, 1.54) is 19.3 Å². The Bertz CT molecular complexity index is 588. The van der Waals surface area contributed by atoms with Crippen LogP contribution in [0.3, 0.4) is 0 Å². The summed E-state index contributed by atoms with van der Waals surface area (Å²) in [5, 5.41) is 9.00. The van der Waals surface area contributed by atoms with Crippen molar-refractivity contribution >= 4 is 11.8 Å². The van der Waals surface area contributed by atoms with Gasteiger partial charge in [0.25, 0.3) is 0 Å². The molecule has 6 nitrogen and oxygen atoms in total. The van der Waals surface area contributed by atoms with Crippen LogP contribution in [0.15, 0.2) is 24.3 Å². The molecule has 1 saturated carbocycles. The molecule has 1 heterocycles. The standard InChI is InChI=1S/C19H27N3O3/c1-25-15-8-6-13(7-9-15)11-20-18(23)12-21-19(24)17-10-14-4-2-3-5-16(14)22-17/h6-9,14,16-17,22H,2-5,10-12H2,1H3,(H,20,23)(H,21,24). The van der Waals surface area contributed by atoms with Crippen molar-refractivity contribution in [2.45, 2.75) is 50.7 Å². The zero-order valence-corrected chi connectivity index (χ0v) is 14.7. The molecule has 3 N–H and O–H groups in total. The molecule has 3 unspecified atom stereocenters. The average Bonchev–Trinajstić information content (AvgIpc) is 3.09. The second-order valence-corrected chi connectivity index (χ2v) is 6.95. The lowest BCUT2D eigenvalue weighted by atomic mass is 9.85. The van der Waals surface area contributed by atoms with Gasteiger partial charge in [0.1, 0.15) is 5.75 Å². The predicted octanol–water partition coefficient (Wildman–Crippen LogP) is 1.35. The Kier molecular flexibility index (Phi) is 5.91. The first kappa shape index (κ1) is 17.7. The molecule has 0 aromatic heterocycles. The largest absolute Gasteiger partial charge is 0.497 e. The zero-order chi connectivity index (χ0) is 17.6. The number of amides is 2. The van der Waals surface area contributed by atoms with E-state index < -0.39 is 0 Å². The van der Waals surface area contributed by atoms with Gasteiger partial charge >= 0.3 is 0 Å². The van der Waals surface area contributed by atoms with E-state index in [0.29, 0.717) is 18.5 Å². The number of carbonyl (C=O) groups is 2. The van der Waals surface area contributed by atoms with Gasteiger partial charge in [0.2, 0.25) is 11.8 Å². The van der Waals surface area contributed by atoms with Gasteiger partial charge in [0, 0.05) is 12.6 Å². The van der Waals surface area contributed by atoms with Gasteiger partial charge in [-0.05, 0) is 42.9 Å². The summed E-state index contributed by atoms with van der Waals surface area (Å²) in [4.78, 5) is 24.2. The van der Waals surface area contributed by atoms with Crippen LogP contribution >= 0.6 is 0 Å². The molecule has 0 spiro atoms. The van der Waals surface area contributed by atoms with Crippen molar-refractivity contribution < 1.29 is 14.3 Å². The van der Waals surface area contributed by atoms with Gasteiger partial charge in [-0.15, -0.1) is 0 Å². The first-order valence-electron chi connectivity index (χ1n) is 9.09. The van der Waals surface area contributed by atoms with E-state index in [2.05, 4.69) is 16.0 Å². The van der Waals surface area contributed by atoms with Crippen LogP contribution in [0.4, 0.5) is 0 Å². The zero-order valence-electron chi connectivity index (χ0n) is 14.7. The normalized spacial score (nSPS) is 25.1. The highest BCUT2D eigenvalue weighted by Gasteiger charge is 2.38. The highest BCUT2D eigenvalue weighted by molar-refractivity contribution is 5.87. The molecule has 3 atom stereocenters. The molecule has 2 fully saturated rings. The number of rotatable bonds is 6. The third-order valence-electron chi connectivity index (χ3n) is 5.25. The quantitative estimate of drug-likeness (QED) is 0.727. The molecular weight excluding hydrogens is 318 g/mol. The van der Waals surface area contributed by atoms with Crippen molar-refractivity contribution in [2.24, 2.45) is 5.92 Å². The number of fused-ring (bicyclic) bond motifs is 1. The maximum Gasteiger partial charge on any atom is 0.239 e. The molecule has 1 saturated heterocycles. The molecule has 3 rings (SSSR count). The number of hydrogen-bond acceptors (Lipinski definition) is 4. The fourth-order valence-electron chi connectivity index (χ4n) is 3.82. The lowest BCUT2D eigenvalue weighted by molar-refractivity contribution is -0.127. The number of carbonyl (C=O) groups excluding carboxylic acids is 2. The molecule has 1 aromatic carbocycles. The Hall–Kier alpha value is -2.08. The Morgan fingerprint density at radius 1 is 1.16 bits per heavy atom. The summed E-state index contributed by atoms with van der Waals surface area (Å²) >= 11 is 0. The molecule has 1 aliphatic carbocycles. The minimum Gasteiger partial charge on any atom is -0.497 e. The van der Waals surface area contributed by atoms with Gasteiger partial charge in [-0.25, -0.2) is 0 Å². The molecule has 2 amide bonds. The molecule has 2 aliphatic rings. The van der Waals surface area contributed by atoms with E-state index in [1.807, 2.05) is 24.3 Å². The number of hydrogen-bond donors (Lipinski definition) is 3. The Morgan fingerprint density at radius 3 is 2.64 bits per heavy atom. The highest BCUT2D eigenvalue weighted by atomic mass is 16.5. The van der Waals surface area contributed by atoms with E-state index in [4.69, 9.17) is 4.74 Å². The summed E-state index contributed by atoms with van der Waals surface area (Å²) in [5.74, 6) is 1.16. The number of ether oxygens (including phenoxy) is 1. The third kappa shape index (κ3) is 4.72. The SMILES string of the molecule is COc1ccc(CNC(=O)CNC(=O)C2CC3CCCCC3N2)cc1. The van der Waals surface area contributed by atoms with Crippen LogP contribution in [0.1, 0.15) is 37.7 Å². The fraction of sp³-hybridized carbons (Fsp3) is 0.579. The first-order chi connectivity index (χ1) is 12.2. The summed E-state index contributed by atoms with van der Waals surface area (Å²) in [6.07, 6.45) is 5.78. The van der Waals surface area contributed by atoms with Crippen molar-refractivity contribution in [3.63, 3.8) is 0 Å². The van der Waals surface area contributed by atoms with Crippen molar-refractivity contribution in [1.82, 2.24) is 16.0 Å². The minimum atomic E-state index is -0.181. The van der Waals surface area contributed by atoms with Crippen LogP contribution in [0, 0.1) is 5.92 Å². The van der Waals surface area contributed by atoms with E-state index in [-0.39, 0.29) is 24.4 Å². The van der Waals surface area contributed by atoms with Crippen LogP contribution in [0.25, 0.3) is 0 Å². The molecule has 25 heavy (non-hydrogen) atoms. The van der Waals surface area contributed by atoms with Gasteiger partial charge < -0.3 is 20.7 Å². The van der Waals surface area contributed by atoms with Gasteiger partial charge in [-0.1, -0.05) is 25.0 Å². The summed E-state index contributed by atoms with van der Waals surface area (Å²) < 4.78 is 5.10. The van der Waals surface area contributed by atoms with Crippen molar-refractivity contribution in [2.75, 3.05) is 13.7 Å². The molecular formula is C19H27N3O3. The third-order valence-corrected chi connectivity index (χ3v) is 5.25. The van der Waals surface area contributed by atoms with Crippen LogP contribution in [-0.2, 0) is 16.1 Å². The maximum atomic E-state index is 12.3. The fourth-order valence-corrected chi connectivity index (χ4v) is 3.82. The van der Waals surface area contributed by atoms with E-state index in [9.17, 15) is 9.59 Å². The first-order valence-corrected chi connectivity index (χ1v) is 9.09. The lowest BCUT2D eigenvalue weighted by Gasteiger charge is -2.24. The number of methoxy groups -OCH3 is 1. The second-order valence-electron chi connectivity index (χ2n) is 6.95. The Balaban J connectivity index is 1.37. The van der Waals surface area contributed by atoms with Gasteiger partial charge in [-0.3, -0.25) is 9.59 Å². The molecule has 6 heteroatoms. The molecule has 1 aliphatic heterocycles. The van der Waals surface area contributed by atoms with Crippen LogP contribution < -0.4 is 20.7 Å². The molecule has 136 valence electrons. The maximum absolute atomic E-state index is 12.3. The summed E-state index contributed by atoms with van der Waals surface area (Å²) in [6, 6.07) is 7.85. The van der Waals surface area contributed by atoms with Crippen LogP contribution in [0.2, 0.25) is 0 Å². The lowest BCUT2D eigenvalue weighted by Crippen LogP contribution is -2.46. The van der Waals surface area contributed by atoms with Gasteiger partial charge in [-0.2, -0.15) is 0 Å². The van der Waals surface area contributed by atoms with Gasteiger partial charge in [0.05, 0.1) is 19.7 Å².